The highest BCUT2D eigenvalue weighted by molar-refractivity contribution is 5.76. The summed E-state index contributed by atoms with van der Waals surface area (Å²) in [5, 5.41) is 24.0. The van der Waals surface area contributed by atoms with Crippen LogP contribution >= 0.6 is 0 Å². The van der Waals surface area contributed by atoms with E-state index in [2.05, 4.69) is 20.8 Å². The van der Waals surface area contributed by atoms with Gasteiger partial charge in [-0.15, -0.1) is 5.10 Å². The number of aromatic hydroxyl groups is 1. The lowest BCUT2D eigenvalue weighted by Crippen LogP contribution is -2.47. The van der Waals surface area contributed by atoms with Crippen LogP contribution in [-0.4, -0.2) is 62.3 Å². The topological polar surface area (TPSA) is 96.2 Å². The van der Waals surface area contributed by atoms with E-state index in [1.165, 1.54) is 4.68 Å². The van der Waals surface area contributed by atoms with Crippen LogP contribution in [0.5, 0.6) is 5.75 Å². The van der Waals surface area contributed by atoms with E-state index in [4.69, 9.17) is 0 Å². The Labute approximate surface area is 121 Å². The van der Waals surface area contributed by atoms with Crippen LogP contribution in [0.25, 0.3) is 11.4 Å². The van der Waals surface area contributed by atoms with Gasteiger partial charge < -0.3 is 15.3 Å². The number of phenols is 1. The van der Waals surface area contributed by atoms with Gasteiger partial charge >= 0.3 is 0 Å². The Bertz CT molecular complexity index is 618. The molecule has 110 valence electrons. The number of hydrogen-bond donors (Lipinski definition) is 2. The molecule has 8 nitrogen and oxygen atoms in total. The molecular weight excluding hydrogens is 272 g/mol. The third-order valence-corrected chi connectivity index (χ3v) is 3.41. The van der Waals surface area contributed by atoms with Crippen molar-refractivity contribution in [3.8, 4) is 17.1 Å². The van der Waals surface area contributed by atoms with Gasteiger partial charge in [-0.1, -0.05) is 0 Å². The number of tetrazole rings is 1. The molecule has 21 heavy (non-hydrogen) atoms. The fourth-order valence-electron chi connectivity index (χ4n) is 2.27. The number of hydrogen-bond acceptors (Lipinski definition) is 6. The molecule has 2 N–H and O–H groups in total. The largest absolute Gasteiger partial charge is 0.508 e. The number of phenolic OH excluding ortho intramolecular Hbond substituents is 1. The average Bonchev–Trinajstić information content (AvgIpc) is 2.97. The standard InChI is InChI=1S/C13H16N6O2/c20-11-3-1-10(2-4-11)13-15-16-17-19(13)9-12(21)18-7-5-14-6-8-18/h1-4,14,20H,5-9H2. The quantitative estimate of drug-likeness (QED) is 0.789. The number of benzene rings is 1. The van der Waals surface area contributed by atoms with Gasteiger partial charge in [0.25, 0.3) is 0 Å². The molecule has 1 saturated heterocycles. The summed E-state index contributed by atoms with van der Waals surface area (Å²) in [5.74, 6) is 0.692. The maximum absolute atomic E-state index is 12.2. The summed E-state index contributed by atoms with van der Waals surface area (Å²) >= 11 is 0. The molecule has 0 aliphatic carbocycles. The first kappa shape index (κ1) is 13.5. The van der Waals surface area contributed by atoms with Crippen LogP contribution in [0.2, 0.25) is 0 Å². The van der Waals surface area contributed by atoms with Crippen molar-refractivity contribution in [3.63, 3.8) is 0 Å². The van der Waals surface area contributed by atoms with Crippen LogP contribution in [0.1, 0.15) is 0 Å². The summed E-state index contributed by atoms with van der Waals surface area (Å²) in [6.07, 6.45) is 0. The number of piperazine rings is 1. The fraction of sp³-hybridized carbons (Fsp3) is 0.385. The van der Waals surface area contributed by atoms with Crippen molar-refractivity contribution in [1.82, 2.24) is 30.4 Å². The molecule has 0 unspecified atom stereocenters. The van der Waals surface area contributed by atoms with Crippen molar-refractivity contribution in [2.75, 3.05) is 26.2 Å². The normalized spacial score (nSPS) is 15.1. The Hall–Kier alpha value is -2.48. The van der Waals surface area contributed by atoms with Crippen molar-refractivity contribution < 1.29 is 9.90 Å². The molecular formula is C13H16N6O2. The van der Waals surface area contributed by atoms with Crippen LogP contribution in [0.4, 0.5) is 0 Å². The van der Waals surface area contributed by atoms with E-state index in [-0.39, 0.29) is 18.2 Å². The van der Waals surface area contributed by atoms with Crippen molar-refractivity contribution in [3.05, 3.63) is 24.3 Å². The minimum absolute atomic E-state index is 0.00354. The fourth-order valence-corrected chi connectivity index (χ4v) is 2.27. The number of carbonyl (C=O) groups is 1. The van der Waals surface area contributed by atoms with Crippen LogP contribution in [-0.2, 0) is 11.3 Å². The molecule has 2 aromatic rings. The summed E-state index contributed by atoms with van der Waals surface area (Å²) in [4.78, 5) is 14.0. The molecule has 1 amide bonds. The molecule has 0 saturated carbocycles. The zero-order valence-electron chi connectivity index (χ0n) is 11.4. The summed E-state index contributed by atoms with van der Waals surface area (Å²) in [5.41, 5.74) is 0.755. The molecule has 2 heterocycles. The summed E-state index contributed by atoms with van der Waals surface area (Å²) in [6.45, 7) is 3.15. The molecule has 1 aliphatic heterocycles. The SMILES string of the molecule is O=C(Cn1nnnc1-c1ccc(O)cc1)N1CCNCC1. The average molecular weight is 288 g/mol. The van der Waals surface area contributed by atoms with Crippen molar-refractivity contribution in [1.29, 1.82) is 0 Å². The summed E-state index contributed by atoms with van der Waals surface area (Å²) in [7, 11) is 0. The lowest BCUT2D eigenvalue weighted by atomic mass is 10.2. The molecule has 0 bridgehead atoms. The van der Waals surface area contributed by atoms with Crippen LogP contribution < -0.4 is 5.32 Å². The number of aromatic nitrogens is 4. The lowest BCUT2D eigenvalue weighted by molar-refractivity contribution is -0.132. The molecule has 0 atom stereocenters. The number of nitrogens with one attached hydrogen (secondary N) is 1. The number of amides is 1. The third kappa shape index (κ3) is 3.00. The van der Waals surface area contributed by atoms with Gasteiger partial charge in [-0.3, -0.25) is 4.79 Å². The van der Waals surface area contributed by atoms with Crippen LogP contribution in [0.15, 0.2) is 24.3 Å². The molecule has 0 spiro atoms. The highest BCUT2D eigenvalue weighted by atomic mass is 16.3. The summed E-state index contributed by atoms with van der Waals surface area (Å²) < 4.78 is 1.48. The highest BCUT2D eigenvalue weighted by Crippen LogP contribution is 2.19. The number of carbonyl (C=O) groups excluding carboxylic acids is 1. The third-order valence-electron chi connectivity index (χ3n) is 3.41. The predicted octanol–water partition coefficient (Wildman–Crippen LogP) is -0.522. The van der Waals surface area contributed by atoms with Gasteiger partial charge in [0.05, 0.1) is 0 Å². The Morgan fingerprint density at radius 1 is 1.24 bits per heavy atom. The zero-order valence-corrected chi connectivity index (χ0v) is 11.4. The molecule has 0 radical (unpaired) electrons. The van der Waals surface area contributed by atoms with Gasteiger partial charge in [-0.25, -0.2) is 4.68 Å². The Balaban J connectivity index is 1.76. The van der Waals surface area contributed by atoms with E-state index in [1.54, 1.807) is 29.2 Å². The predicted molar refractivity (Wildman–Crippen MR) is 74.4 cm³/mol. The number of nitrogens with zero attached hydrogens (tertiary/aromatic N) is 5. The minimum Gasteiger partial charge on any atom is -0.508 e. The van der Waals surface area contributed by atoms with Crippen molar-refractivity contribution in [2.24, 2.45) is 0 Å². The minimum atomic E-state index is 0.00354. The van der Waals surface area contributed by atoms with Gasteiger partial charge in [-0.05, 0) is 34.7 Å². The molecule has 3 rings (SSSR count). The molecule has 1 fully saturated rings. The number of rotatable bonds is 3. The Morgan fingerprint density at radius 2 is 1.95 bits per heavy atom. The second kappa shape index (κ2) is 5.88. The van der Waals surface area contributed by atoms with E-state index in [0.29, 0.717) is 18.9 Å². The van der Waals surface area contributed by atoms with Gasteiger partial charge in [0.15, 0.2) is 5.82 Å². The van der Waals surface area contributed by atoms with E-state index < -0.39 is 0 Å². The molecule has 8 heteroatoms. The lowest BCUT2D eigenvalue weighted by Gasteiger charge is -2.27. The van der Waals surface area contributed by atoms with E-state index in [9.17, 15) is 9.90 Å². The Morgan fingerprint density at radius 3 is 2.67 bits per heavy atom. The van der Waals surface area contributed by atoms with Crippen molar-refractivity contribution >= 4 is 5.91 Å². The Kier molecular flexibility index (Phi) is 3.78. The molecule has 1 aromatic heterocycles. The first-order valence-electron chi connectivity index (χ1n) is 6.78. The van der Waals surface area contributed by atoms with Gasteiger partial charge in [-0.2, -0.15) is 0 Å². The van der Waals surface area contributed by atoms with Crippen LogP contribution in [0, 0.1) is 0 Å². The maximum atomic E-state index is 12.2. The van der Waals surface area contributed by atoms with E-state index in [0.717, 1.165) is 18.7 Å². The highest BCUT2D eigenvalue weighted by Gasteiger charge is 2.19. The second-order valence-corrected chi connectivity index (χ2v) is 4.84. The van der Waals surface area contributed by atoms with Gasteiger partial charge in [0.2, 0.25) is 5.91 Å². The molecule has 1 aliphatic rings. The van der Waals surface area contributed by atoms with Crippen molar-refractivity contribution in [2.45, 2.75) is 6.54 Å². The van der Waals surface area contributed by atoms with Gasteiger partial charge in [0.1, 0.15) is 12.3 Å². The first-order chi connectivity index (χ1) is 10.2. The maximum Gasteiger partial charge on any atom is 0.244 e. The monoisotopic (exact) mass is 288 g/mol. The van der Waals surface area contributed by atoms with E-state index in [1.807, 2.05) is 0 Å². The summed E-state index contributed by atoms with van der Waals surface area (Å²) in [6, 6.07) is 6.55. The van der Waals surface area contributed by atoms with Crippen LogP contribution in [0.3, 0.4) is 0 Å². The van der Waals surface area contributed by atoms with E-state index >= 15 is 0 Å². The second-order valence-electron chi connectivity index (χ2n) is 4.84. The van der Waals surface area contributed by atoms with Gasteiger partial charge in [0, 0.05) is 31.7 Å². The smallest absolute Gasteiger partial charge is 0.244 e. The molecule has 1 aromatic carbocycles. The zero-order chi connectivity index (χ0) is 14.7. The first-order valence-corrected chi connectivity index (χ1v) is 6.78.